The highest BCUT2D eigenvalue weighted by molar-refractivity contribution is 6.36. The van der Waals surface area contributed by atoms with Crippen LogP contribution in [-0.4, -0.2) is 56.2 Å². The summed E-state index contributed by atoms with van der Waals surface area (Å²) in [5.41, 5.74) is 5.22. The number of hydrogen-bond donors (Lipinski definition) is 3. The third-order valence-corrected chi connectivity index (χ3v) is 11.3. The van der Waals surface area contributed by atoms with Gasteiger partial charge in [-0.1, -0.05) is 53.5 Å². The Morgan fingerprint density at radius 1 is 1.10 bits per heavy atom. The molecule has 1 unspecified atom stereocenters. The van der Waals surface area contributed by atoms with Crippen LogP contribution in [-0.2, 0) is 37.8 Å². The number of nitrogens with one attached hydrogen (secondary N) is 2. The zero-order valence-electron chi connectivity index (χ0n) is 29.6. The number of carboxylic acid groups (broad SMARTS) is 1. The molecule has 1 amide bonds. The Balaban J connectivity index is 1.12. The fourth-order valence-corrected chi connectivity index (χ4v) is 7.84. The summed E-state index contributed by atoms with van der Waals surface area (Å²) in [5.74, 6) is -1.27. The van der Waals surface area contributed by atoms with E-state index in [1.807, 2.05) is 41.9 Å². The first-order valence-corrected chi connectivity index (χ1v) is 18.5. The molecule has 52 heavy (non-hydrogen) atoms. The molecule has 1 aromatic heterocycles. The van der Waals surface area contributed by atoms with Crippen molar-refractivity contribution >= 4 is 40.8 Å². The van der Waals surface area contributed by atoms with E-state index in [1.165, 1.54) is 0 Å². The van der Waals surface area contributed by atoms with Crippen LogP contribution < -0.4 is 20.1 Å². The Morgan fingerprint density at radius 3 is 2.56 bits per heavy atom. The Hall–Kier alpha value is -4.16. The molecule has 274 valence electrons. The summed E-state index contributed by atoms with van der Waals surface area (Å²) in [5, 5.41) is 15.7. The van der Waals surface area contributed by atoms with E-state index in [0.29, 0.717) is 54.8 Å². The summed E-state index contributed by atoms with van der Waals surface area (Å²) in [6, 6.07) is 13.4. The van der Waals surface area contributed by atoms with E-state index in [9.17, 15) is 14.7 Å². The molecule has 3 N–H and O–H groups in total. The van der Waals surface area contributed by atoms with Crippen LogP contribution in [0.3, 0.4) is 0 Å². The zero-order chi connectivity index (χ0) is 36.9. The predicted octanol–water partition coefficient (Wildman–Crippen LogP) is 7.72. The molecule has 1 fully saturated rings. The Bertz CT molecular complexity index is 2060. The van der Waals surface area contributed by atoms with Crippen LogP contribution in [0, 0.1) is 5.82 Å². The number of nitrogens with zero attached hydrogens (tertiary/aromatic N) is 3. The number of aliphatic carboxylic acids is 1. The second kappa shape index (κ2) is 14.3. The standard InChI is InChI=1S/C39H42Cl2FN5O5/c1-5-51-31-18-32(34(41)35(42)26(31)19-43-39(15-16-39)38(49)50)52-30-13-12-23-22(8-6-9-24(23)30)25-10-7-11-27(33(25)40)45-37(48)36-44-28-20-47(21(2)3)17-14-29(28)46(36)4/h6-11,18,21,30,43H,5,12-17,19-20H2,1-4H3,(H,45,48)(H,49,50). The maximum absolute atomic E-state index is 15.8. The number of imidazole rings is 1. The van der Waals surface area contributed by atoms with E-state index in [1.54, 1.807) is 19.1 Å². The average molecular weight is 751 g/mol. The second-order valence-corrected chi connectivity index (χ2v) is 14.8. The Labute approximate surface area is 312 Å². The average Bonchev–Trinajstić information content (AvgIpc) is 3.71. The van der Waals surface area contributed by atoms with Gasteiger partial charge in [0, 0.05) is 62.0 Å². The van der Waals surface area contributed by atoms with Crippen LogP contribution >= 0.6 is 23.2 Å². The second-order valence-electron chi connectivity index (χ2n) is 14.0. The number of amides is 1. The SMILES string of the molecule is CCOc1cc(OC2CCc3c(-c4cccc(NC(=O)c5nc6c(n5C)CCN(C(C)C)C6)c4Cl)cccc32)c(Cl)c(F)c1CNC1(C(=O)O)CC1. The number of anilines is 1. The van der Waals surface area contributed by atoms with E-state index in [-0.39, 0.29) is 41.1 Å². The van der Waals surface area contributed by atoms with Gasteiger partial charge in [-0.05, 0) is 69.2 Å². The molecule has 1 aliphatic heterocycles. The monoisotopic (exact) mass is 749 g/mol. The Morgan fingerprint density at radius 2 is 1.85 bits per heavy atom. The molecule has 3 aliphatic rings. The van der Waals surface area contributed by atoms with Gasteiger partial charge in [-0.2, -0.15) is 0 Å². The molecule has 13 heteroatoms. The minimum Gasteiger partial charge on any atom is -0.493 e. The summed E-state index contributed by atoms with van der Waals surface area (Å²) in [6.07, 6.45) is 2.64. The fourth-order valence-electron chi connectivity index (χ4n) is 7.35. The quantitative estimate of drug-likeness (QED) is 0.135. The lowest BCUT2D eigenvalue weighted by molar-refractivity contribution is -0.140. The Kier molecular flexibility index (Phi) is 9.99. The maximum atomic E-state index is 15.8. The fraction of sp³-hybridized carbons (Fsp3) is 0.410. The van der Waals surface area contributed by atoms with E-state index < -0.39 is 23.4 Å². The van der Waals surface area contributed by atoms with Gasteiger partial charge in [0.1, 0.15) is 28.2 Å². The van der Waals surface area contributed by atoms with E-state index in [2.05, 4.69) is 29.4 Å². The number of aromatic nitrogens is 2. The largest absolute Gasteiger partial charge is 0.493 e. The van der Waals surface area contributed by atoms with E-state index in [4.69, 9.17) is 37.7 Å². The molecule has 3 aromatic carbocycles. The number of carbonyl (C=O) groups is 2. The van der Waals surface area contributed by atoms with E-state index in [0.717, 1.165) is 46.6 Å². The van der Waals surface area contributed by atoms with Gasteiger partial charge in [0.25, 0.3) is 5.91 Å². The molecule has 1 atom stereocenters. The molecule has 1 saturated carbocycles. The van der Waals surface area contributed by atoms with Crippen LogP contribution in [0.1, 0.15) is 84.8 Å². The number of carbonyl (C=O) groups excluding carboxylic acids is 1. The summed E-state index contributed by atoms with van der Waals surface area (Å²) in [6.45, 7) is 7.96. The van der Waals surface area contributed by atoms with Crippen molar-refractivity contribution in [2.24, 2.45) is 7.05 Å². The molecule has 10 nitrogen and oxygen atoms in total. The molecule has 0 bridgehead atoms. The van der Waals surface area contributed by atoms with Gasteiger partial charge in [0.15, 0.2) is 11.6 Å². The number of rotatable bonds is 12. The number of benzene rings is 3. The van der Waals surface area contributed by atoms with Gasteiger partial charge in [-0.3, -0.25) is 19.8 Å². The van der Waals surface area contributed by atoms with Crippen LogP contribution in [0.5, 0.6) is 11.5 Å². The van der Waals surface area contributed by atoms with Crippen molar-refractivity contribution in [3.8, 4) is 22.6 Å². The minimum atomic E-state index is -1.05. The van der Waals surface area contributed by atoms with Gasteiger partial charge in [0.2, 0.25) is 0 Å². The van der Waals surface area contributed by atoms with Gasteiger partial charge < -0.3 is 24.5 Å². The molecule has 7 rings (SSSR count). The molecule has 2 heterocycles. The van der Waals surface area contributed by atoms with E-state index >= 15 is 4.39 Å². The normalized spacial score (nSPS) is 17.5. The maximum Gasteiger partial charge on any atom is 0.323 e. The summed E-state index contributed by atoms with van der Waals surface area (Å²) < 4.78 is 29.8. The molecular formula is C39H42Cl2FN5O5. The third-order valence-electron chi connectivity index (χ3n) is 10.5. The van der Waals surface area contributed by atoms with Crippen molar-refractivity contribution in [2.45, 2.75) is 83.6 Å². The van der Waals surface area contributed by atoms with Crippen LogP contribution in [0.15, 0.2) is 42.5 Å². The number of ether oxygens (including phenoxy) is 2. The number of hydrogen-bond acceptors (Lipinski definition) is 7. The van der Waals surface area contributed by atoms with Crippen LogP contribution in [0.2, 0.25) is 10.0 Å². The summed E-state index contributed by atoms with van der Waals surface area (Å²) >= 11 is 13.6. The lowest BCUT2D eigenvalue weighted by atomic mass is 9.96. The van der Waals surface area contributed by atoms with Crippen molar-refractivity contribution < 1.29 is 28.6 Å². The smallest absolute Gasteiger partial charge is 0.323 e. The molecule has 2 aliphatic carbocycles. The van der Waals surface area contributed by atoms with Crippen molar-refractivity contribution in [3.05, 3.63) is 92.2 Å². The van der Waals surface area contributed by atoms with Gasteiger partial charge in [-0.25, -0.2) is 9.37 Å². The summed E-state index contributed by atoms with van der Waals surface area (Å²) in [4.78, 5) is 32.3. The number of halogens is 3. The first kappa shape index (κ1) is 36.2. The lowest BCUT2D eigenvalue weighted by Crippen LogP contribution is -2.38. The van der Waals surface area contributed by atoms with Crippen molar-refractivity contribution in [1.82, 2.24) is 19.8 Å². The van der Waals surface area contributed by atoms with Crippen molar-refractivity contribution in [2.75, 3.05) is 18.5 Å². The van der Waals surface area contributed by atoms with Crippen LogP contribution in [0.4, 0.5) is 10.1 Å². The van der Waals surface area contributed by atoms with Crippen molar-refractivity contribution in [3.63, 3.8) is 0 Å². The minimum absolute atomic E-state index is 0.0514. The predicted molar refractivity (Wildman–Crippen MR) is 198 cm³/mol. The van der Waals surface area contributed by atoms with Gasteiger partial charge in [0.05, 0.1) is 23.0 Å². The molecule has 4 aromatic rings. The first-order chi connectivity index (χ1) is 24.9. The molecule has 0 radical (unpaired) electrons. The van der Waals surface area contributed by atoms with Crippen LogP contribution in [0.25, 0.3) is 11.1 Å². The van der Waals surface area contributed by atoms with Gasteiger partial charge >= 0.3 is 5.97 Å². The van der Waals surface area contributed by atoms with Gasteiger partial charge in [-0.15, -0.1) is 0 Å². The highest BCUT2D eigenvalue weighted by Crippen LogP contribution is 2.46. The molecule has 0 saturated heterocycles. The third kappa shape index (κ3) is 6.64. The molecular weight excluding hydrogens is 708 g/mol. The van der Waals surface area contributed by atoms with Crippen molar-refractivity contribution in [1.29, 1.82) is 0 Å². The lowest BCUT2D eigenvalue weighted by Gasteiger charge is -2.29. The summed E-state index contributed by atoms with van der Waals surface area (Å²) in [7, 11) is 1.88. The molecule has 0 spiro atoms. The topological polar surface area (TPSA) is 118 Å². The highest BCUT2D eigenvalue weighted by Gasteiger charge is 2.50. The zero-order valence-corrected chi connectivity index (χ0v) is 31.1. The number of fused-ring (bicyclic) bond motifs is 2. The highest BCUT2D eigenvalue weighted by atomic mass is 35.5. The number of carboxylic acids is 1. The first-order valence-electron chi connectivity index (χ1n) is 17.7.